The molecule has 7 nitrogen and oxygen atoms in total. The quantitative estimate of drug-likeness (QED) is 0.429. The van der Waals surface area contributed by atoms with Crippen LogP contribution in [0.5, 0.6) is 0 Å². The summed E-state index contributed by atoms with van der Waals surface area (Å²) in [6, 6.07) is 0. The van der Waals surface area contributed by atoms with Crippen molar-refractivity contribution in [3.63, 3.8) is 0 Å². The number of ether oxygens (including phenoxy) is 2. The molecule has 0 aromatic heterocycles. The molecule has 0 saturated heterocycles. The summed E-state index contributed by atoms with van der Waals surface area (Å²) in [5, 5.41) is 8.58. The highest BCUT2D eigenvalue weighted by atomic mass is 16.5. The zero-order chi connectivity index (χ0) is 18.2. The number of aliphatic carboxylic acids is 1. The van der Waals surface area contributed by atoms with E-state index in [0.29, 0.717) is 39.0 Å². The van der Waals surface area contributed by atoms with Crippen molar-refractivity contribution in [2.24, 2.45) is 0 Å². The molecule has 0 aromatic carbocycles. The maximum Gasteiger partial charge on any atom is 0.303 e. The van der Waals surface area contributed by atoms with Gasteiger partial charge >= 0.3 is 5.97 Å². The molecular weight excluding hydrogens is 314 g/mol. The van der Waals surface area contributed by atoms with Gasteiger partial charge in [-0.2, -0.15) is 0 Å². The Labute approximate surface area is 142 Å². The Morgan fingerprint density at radius 1 is 1.25 bits per heavy atom. The summed E-state index contributed by atoms with van der Waals surface area (Å²) in [6.45, 7) is 7.03. The summed E-state index contributed by atoms with van der Waals surface area (Å²) in [5.74, 6) is -1.37. The number of hydrogen-bond donors (Lipinski definition) is 1. The number of hydrogen-bond acceptors (Lipinski definition) is 5. The van der Waals surface area contributed by atoms with Gasteiger partial charge in [0.05, 0.1) is 11.7 Å². The van der Waals surface area contributed by atoms with Crippen molar-refractivity contribution in [2.45, 2.75) is 58.2 Å². The Morgan fingerprint density at radius 2 is 1.88 bits per heavy atom. The summed E-state index contributed by atoms with van der Waals surface area (Å²) in [6.07, 6.45) is 4.32. The van der Waals surface area contributed by atoms with E-state index in [1.807, 2.05) is 20.8 Å². The van der Waals surface area contributed by atoms with Crippen LogP contribution in [0.2, 0.25) is 0 Å². The summed E-state index contributed by atoms with van der Waals surface area (Å²) >= 11 is 0. The van der Waals surface area contributed by atoms with Crippen LogP contribution in [-0.4, -0.2) is 59.3 Å². The molecule has 7 heteroatoms. The van der Waals surface area contributed by atoms with E-state index < -0.39 is 5.97 Å². The standard InChI is InChI=1S/C17H27NO6/c1-13(8-10-18-14(19)6-7-15(18)20)23-12-9-17(2,3)24-11-4-5-16(21)22/h6-7,13H,4-5,8-12H2,1-3H3,(H,21,22). The van der Waals surface area contributed by atoms with E-state index in [-0.39, 0.29) is 29.9 Å². The van der Waals surface area contributed by atoms with E-state index in [2.05, 4.69) is 0 Å². The number of amides is 2. The highest BCUT2D eigenvalue weighted by Gasteiger charge is 2.24. The molecule has 1 atom stereocenters. The molecule has 0 aromatic rings. The second-order valence-corrected chi connectivity index (χ2v) is 6.49. The first kappa shape index (κ1) is 20.3. The van der Waals surface area contributed by atoms with E-state index >= 15 is 0 Å². The van der Waals surface area contributed by atoms with Gasteiger partial charge in [-0.1, -0.05) is 0 Å². The number of imide groups is 1. The normalized spacial score (nSPS) is 16.0. The van der Waals surface area contributed by atoms with Crippen molar-refractivity contribution in [2.75, 3.05) is 19.8 Å². The average molecular weight is 341 g/mol. The Morgan fingerprint density at radius 3 is 2.46 bits per heavy atom. The third-order valence-corrected chi connectivity index (χ3v) is 3.79. The van der Waals surface area contributed by atoms with Crippen molar-refractivity contribution in [1.82, 2.24) is 4.90 Å². The van der Waals surface area contributed by atoms with Crippen LogP contribution in [0, 0.1) is 0 Å². The number of carboxylic acids is 1. The molecule has 24 heavy (non-hydrogen) atoms. The zero-order valence-electron chi connectivity index (χ0n) is 14.6. The highest BCUT2D eigenvalue weighted by Crippen LogP contribution is 2.16. The maximum absolute atomic E-state index is 11.4. The van der Waals surface area contributed by atoms with Crippen LogP contribution in [-0.2, 0) is 23.9 Å². The molecule has 1 unspecified atom stereocenters. The fourth-order valence-corrected chi connectivity index (χ4v) is 2.20. The predicted molar refractivity (Wildman–Crippen MR) is 87.4 cm³/mol. The number of carbonyl (C=O) groups is 3. The monoisotopic (exact) mass is 341 g/mol. The number of rotatable bonds is 12. The molecule has 136 valence electrons. The van der Waals surface area contributed by atoms with Gasteiger partial charge in [-0.15, -0.1) is 0 Å². The molecule has 1 heterocycles. The van der Waals surface area contributed by atoms with E-state index in [1.165, 1.54) is 17.1 Å². The lowest BCUT2D eigenvalue weighted by Gasteiger charge is -2.26. The van der Waals surface area contributed by atoms with E-state index in [0.717, 1.165) is 0 Å². The Kier molecular flexibility index (Phi) is 8.07. The number of nitrogens with zero attached hydrogens (tertiary/aromatic N) is 1. The minimum absolute atomic E-state index is 0.0750. The molecule has 1 rings (SSSR count). The molecule has 0 aliphatic carbocycles. The fraction of sp³-hybridized carbons (Fsp3) is 0.706. The van der Waals surface area contributed by atoms with Crippen molar-refractivity contribution in [3.8, 4) is 0 Å². The van der Waals surface area contributed by atoms with Crippen molar-refractivity contribution < 1.29 is 29.0 Å². The van der Waals surface area contributed by atoms with Crippen molar-refractivity contribution in [3.05, 3.63) is 12.2 Å². The second-order valence-electron chi connectivity index (χ2n) is 6.49. The van der Waals surface area contributed by atoms with Gasteiger partial charge in [0.15, 0.2) is 0 Å². The van der Waals surface area contributed by atoms with Crippen LogP contribution in [0.1, 0.15) is 46.5 Å². The lowest BCUT2D eigenvalue weighted by Crippen LogP contribution is -2.33. The first-order valence-corrected chi connectivity index (χ1v) is 8.22. The smallest absolute Gasteiger partial charge is 0.303 e. The Balaban J connectivity index is 2.15. The predicted octanol–water partition coefficient (Wildman–Crippen LogP) is 1.76. The fourth-order valence-electron chi connectivity index (χ4n) is 2.20. The van der Waals surface area contributed by atoms with Gasteiger partial charge in [0.2, 0.25) is 0 Å². The molecule has 1 aliphatic heterocycles. The van der Waals surface area contributed by atoms with Gasteiger partial charge in [-0.3, -0.25) is 19.3 Å². The first-order valence-electron chi connectivity index (χ1n) is 8.22. The van der Waals surface area contributed by atoms with Crippen molar-refractivity contribution in [1.29, 1.82) is 0 Å². The van der Waals surface area contributed by atoms with Crippen LogP contribution < -0.4 is 0 Å². The summed E-state index contributed by atoms with van der Waals surface area (Å²) in [5.41, 5.74) is -0.386. The topological polar surface area (TPSA) is 93.1 Å². The zero-order valence-corrected chi connectivity index (χ0v) is 14.6. The van der Waals surface area contributed by atoms with E-state index in [9.17, 15) is 14.4 Å². The van der Waals surface area contributed by atoms with Crippen LogP contribution >= 0.6 is 0 Å². The van der Waals surface area contributed by atoms with Gasteiger partial charge in [0.25, 0.3) is 11.8 Å². The average Bonchev–Trinajstić information content (AvgIpc) is 2.80. The first-order chi connectivity index (χ1) is 11.2. The summed E-state index contributed by atoms with van der Waals surface area (Å²) < 4.78 is 11.4. The van der Waals surface area contributed by atoms with Crippen LogP contribution in [0.3, 0.4) is 0 Å². The van der Waals surface area contributed by atoms with E-state index in [4.69, 9.17) is 14.6 Å². The third kappa shape index (κ3) is 7.70. The largest absolute Gasteiger partial charge is 0.481 e. The lowest BCUT2D eigenvalue weighted by atomic mass is 10.1. The van der Waals surface area contributed by atoms with Gasteiger partial charge in [-0.05, 0) is 40.0 Å². The molecule has 0 radical (unpaired) electrons. The molecule has 0 saturated carbocycles. The molecular formula is C17H27NO6. The van der Waals surface area contributed by atoms with E-state index in [1.54, 1.807) is 0 Å². The SMILES string of the molecule is CC(CCN1C(=O)C=CC1=O)OCCC(C)(C)OCCCC(=O)O. The van der Waals surface area contributed by atoms with Crippen LogP contribution in [0.15, 0.2) is 12.2 Å². The Bertz CT molecular complexity index is 467. The third-order valence-electron chi connectivity index (χ3n) is 3.79. The number of carbonyl (C=O) groups excluding carboxylic acids is 2. The van der Waals surface area contributed by atoms with Crippen LogP contribution in [0.25, 0.3) is 0 Å². The summed E-state index contributed by atoms with van der Waals surface area (Å²) in [4.78, 5) is 34.5. The maximum atomic E-state index is 11.4. The van der Waals surface area contributed by atoms with Gasteiger partial charge in [-0.25, -0.2) is 0 Å². The highest BCUT2D eigenvalue weighted by molar-refractivity contribution is 6.12. The molecule has 2 amide bonds. The molecule has 0 bridgehead atoms. The van der Waals surface area contributed by atoms with Gasteiger partial charge in [0, 0.05) is 38.3 Å². The summed E-state index contributed by atoms with van der Waals surface area (Å²) in [7, 11) is 0. The molecule has 0 spiro atoms. The molecule has 1 aliphatic rings. The molecule has 1 N–H and O–H groups in total. The minimum atomic E-state index is -0.821. The van der Waals surface area contributed by atoms with Gasteiger partial charge in [0.1, 0.15) is 0 Å². The lowest BCUT2D eigenvalue weighted by molar-refractivity contribution is -0.139. The van der Waals surface area contributed by atoms with Crippen LogP contribution in [0.4, 0.5) is 0 Å². The van der Waals surface area contributed by atoms with Crippen molar-refractivity contribution >= 4 is 17.8 Å². The molecule has 0 fully saturated rings. The second kappa shape index (κ2) is 9.54. The van der Waals surface area contributed by atoms with Gasteiger partial charge < -0.3 is 14.6 Å². The number of carboxylic acid groups (broad SMARTS) is 1. The minimum Gasteiger partial charge on any atom is -0.481 e. The Hall–Kier alpha value is -1.73.